The molecule has 0 amide bonds. The quantitative estimate of drug-likeness (QED) is 0.337. The highest BCUT2D eigenvalue weighted by Gasteiger charge is 2.14. The van der Waals surface area contributed by atoms with Crippen molar-refractivity contribution in [3.8, 4) is 23.3 Å². The van der Waals surface area contributed by atoms with Crippen LogP contribution < -0.4 is 4.74 Å². The number of carboxylic acid groups (broad SMARTS) is 1. The largest absolute Gasteiger partial charge is 0.506 e. The number of carbonyl (C=O) groups excluding carboxylic acids is 1. The highest BCUT2D eigenvalue weighted by Crippen LogP contribution is 2.32. The van der Waals surface area contributed by atoms with Crippen LogP contribution in [0, 0.1) is 25.7 Å². The number of hydrogen-bond acceptors (Lipinski definition) is 4. The standard InChI is InChI=1S/C30H30O5/c1-18(2)27-15-23(16-28-19(3)12-26(13-20(28)4)35-17-29(32)33)14-25(30(27)34)11-8-22-6-9-24(10-7-22)21(5)31/h6-7,9-10,12-15,18,34H,16-17H2,1-5H3,(H,32,33). The number of aryl methyl sites for hydroxylation is 2. The van der Waals surface area contributed by atoms with Gasteiger partial charge in [0.25, 0.3) is 0 Å². The van der Waals surface area contributed by atoms with Crippen molar-refractivity contribution in [1.29, 1.82) is 0 Å². The van der Waals surface area contributed by atoms with Gasteiger partial charge in [-0.25, -0.2) is 4.79 Å². The van der Waals surface area contributed by atoms with E-state index in [0.29, 0.717) is 23.3 Å². The number of ether oxygens (including phenoxy) is 1. The maximum absolute atomic E-state index is 11.5. The number of phenols is 1. The first kappa shape index (κ1) is 25.6. The van der Waals surface area contributed by atoms with Crippen LogP contribution in [0.1, 0.15) is 76.0 Å². The van der Waals surface area contributed by atoms with Gasteiger partial charge in [0.1, 0.15) is 11.5 Å². The van der Waals surface area contributed by atoms with E-state index in [9.17, 15) is 14.7 Å². The van der Waals surface area contributed by atoms with Crippen molar-refractivity contribution >= 4 is 11.8 Å². The highest BCUT2D eigenvalue weighted by molar-refractivity contribution is 5.94. The van der Waals surface area contributed by atoms with Crippen molar-refractivity contribution in [3.63, 3.8) is 0 Å². The second-order valence-corrected chi connectivity index (χ2v) is 9.01. The molecule has 3 rings (SSSR count). The molecule has 0 radical (unpaired) electrons. The van der Waals surface area contributed by atoms with Gasteiger partial charge in [0, 0.05) is 11.1 Å². The zero-order chi connectivity index (χ0) is 25.7. The van der Waals surface area contributed by atoms with Crippen LogP contribution in [0.4, 0.5) is 0 Å². The van der Waals surface area contributed by atoms with E-state index in [1.54, 1.807) is 24.3 Å². The zero-order valence-corrected chi connectivity index (χ0v) is 20.7. The molecule has 0 saturated carbocycles. The summed E-state index contributed by atoms with van der Waals surface area (Å²) in [5, 5.41) is 19.7. The summed E-state index contributed by atoms with van der Waals surface area (Å²) in [6.45, 7) is 9.16. The van der Waals surface area contributed by atoms with E-state index in [2.05, 4.69) is 11.8 Å². The second kappa shape index (κ2) is 10.9. The second-order valence-electron chi connectivity index (χ2n) is 9.01. The maximum atomic E-state index is 11.5. The van der Waals surface area contributed by atoms with Gasteiger partial charge in [0.15, 0.2) is 12.4 Å². The molecule has 0 fully saturated rings. The van der Waals surface area contributed by atoms with E-state index in [4.69, 9.17) is 9.84 Å². The number of carboxylic acids is 1. The van der Waals surface area contributed by atoms with Gasteiger partial charge in [-0.05, 0) is 91.3 Å². The topological polar surface area (TPSA) is 83.8 Å². The lowest BCUT2D eigenvalue weighted by Gasteiger charge is -2.16. The number of benzene rings is 3. The summed E-state index contributed by atoms with van der Waals surface area (Å²) in [5.41, 5.74) is 6.92. The smallest absolute Gasteiger partial charge is 0.341 e. The molecule has 0 aromatic heterocycles. The number of aliphatic carboxylic acids is 1. The van der Waals surface area contributed by atoms with Gasteiger partial charge < -0.3 is 14.9 Å². The molecule has 5 heteroatoms. The first-order valence-electron chi connectivity index (χ1n) is 11.5. The van der Waals surface area contributed by atoms with Crippen LogP contribution in [0.2, 0.25) is 0 Å². The lowest BCUT2D eigenvalue weighted by Crippen LogP contribution is -2.10. The summed E-state index contributed by atoms with van der Waals surface area (Å²) in [6.07, 6.45) is 0.638. The number of hydrogen-bond donors (Lipinski definition) is 2. The molecule has 2 N–H and O–H groups in total. The van der Waals surface area contributed by atoms with Crippen molar-refractivity contribution in [3.05, 3.63) is 93.0 Å². The third-order valence-electron chi connectivity index (χ3n) is 5.87. The Morgan fingerprint density at radius 2 is 1.60 bits per heavy atom. The van der Waals surface area contributed by atoms with Crippen molar-refractivity contribution < 1.29 is 24.5 Å². The number of carbonyl (C=O) groups is 2. The van der Waals surface area contributed by atoms with Gasteiger partial charge in [0.05, 0.1) is 5.56 Å². The molecule has 5 nitrogen and oxygen atoms in total. The Hall–Kier alpha value is -4.04. The van der Waals surface area contributed by atoms with E-state index < -0.39 is 5.97 Å². The Morgan fingerprint density at radius 1 is 0.971 bits per heavy atom. The fraction of sp³-hybridized carbons (Fsp3) is 0.267. The molecule has 0 spiro atoms. The predicted octanol–water partition coefficient (Wildman–Crippen LogP) is 5.79. The lowest BCUT2D eigenvalue weighted by atomic mass is 9.91. The average Bonchev–Trinajstić information content (AvgIpc) is 2.80. The Bertz CT molecular complexity index is 1300. The van der Waals surface area contributed by atoms with E-state index in [1.807, 2.05) is 52.0 Å². The third-order valence-corrected chi connectivity index (χ3v) is 5.87. The van der Waals surface area contributed by atoms with Crippen LogP contribution in [0.15, 0.2) is 48.5 Å². The third kappa shape index (κ3) is 6.51. The van der Waals surface area contributed by atoms with Crippen molar-refractivity contribution in [1.82, 2.24) is 0 Å². The normalized spacial score (nSPS) is 10.6. The van der Waals surface area contributed by atoms with Gasteiger partial charge in [-0.1, -0.05) is 43.9 Å². The Kier molecular flexibility index (Phi) is 7.98. The van der Waals surface area contributed by atoms with Gasteiger partial charge in [-0.2, -0.15) is 0 Å². The molecule has 0 aliphatic rings. The number of phenolic OH excluding ortho intramolecular Hbond substituents is 1. The van der Waals surface area contributed by atoms with Crippen LogP contribution in [-0.2, 0) is 11.2 Å². The summed E-state index contributed by atoms with van der Waals surface area (Å²) < 4.78 is 5.34. The molecule has 0 saturated heterocycles. The molecule has 3 aromatic rings. The number of rotatable bonds is 7. The highest BCUT2D eigenvalue weighted by atomic mass is 16.5. The Balaban J connectivity index is 1.96. The van der Waals surface area contributed by atoms with Crippen LogP contribution in [0.25, 0.3) is 0 Å². The van der Waals surface area contributed by atoms with Gasteiger partial charge in [-0.15, -0.1) is 0 Å². The fourth-order valence-electron chi connectivity index (χ4n) is 3.95. The minimum atomic E-state index is -1.02. The van der Waals surface area contributed by atoms with Gasteiger partial charge >= 0.3 is 5.97 Å². The van der Waals surface area contributed by atoms with Gasteiger partial charge in [-0.3, -0.25) is 4.79 Å². The monoisotopic (exact) mass is 470 g/mol. The van der Waals surface area contributed by atoms with Crippen LogP contribution in [0.5, 0.6) is 11.5 Å². The predicted molar refractivity (Wildman–Crippen MR) is 136 cm³/mol. The summed E-state index contributed by atoms with van der Waals surface area (Å²) in [5.74, 6) is 6.01. The van der Waals surface area contributed by atoms with Crippen molar-refractivity contribution in [2.75, 3.05) is 6.61 Å². The van der Waals surface area contributed by atoms with Crippen LogP contribution >= 0.6 is 0 Å². The van der Waals surface area contributed by atoms with E-state index in [-0.39, 0.29) is 24.1 Å². The molecule has 180 valence electrons. The lowest BCUT2D eigenvalue weighted by molar-refractivity contribution is -0.139. The molecular weight excluding hydrogens is 440 g/mol. The molecule has 0 atom stereocenters. The molecule has 0 aliphatic carbocycles. The first-order chi connectivity index (χ1) is 16.5. The molecule has 0 unspecified atom stereocenters. The summed E-state index contributed by atoms with van der Waals surface area (Å²) >= 11 is 0. The average molecular weight is 471 g/mol. The van der Waals surface area contributed by atoms with Crippen LogP contribution in [-0.4, -0.2) is 28.6 Å². The SMILES string of the molecule is CC(=O)c1ccc(C#Cc2cc(Cc3c(C)cc(OCC(=O)O)cc3C)cc(C(C)C)c2O)cc1. The fourth-order valence-corrected chi connectivity index (χ4v) is 3.95. The van der Waals surface area contributed by atoms with E-state index in [0.717, 1.165) is 33.4 Å². The summed E-state index contributed by atoms with van der Waals surface area (Å²) in [4.78, 5) is 22.3. The summed E-state index contributed by atoms with van der Waals surface area (Å²) in [6, 6.07) is 14.7. The Labute approximate surface area is 206 Å². The molecule has 3 aromatic carbocycles. The van der Waals surface area contributed by atoms with Crippen molar-refractivity contribution in [2.24, 2.45) is 0 Å². The Morgan fingerprint density at radius 3 is 2.14 bits per heavy atom. The van der Waals surface area contributed by atoms with E-state index in [1.165, 1.54) is 6.92 Å². The number of ketones is 1. The van der Waals surface area contributed by atoms with Gasteiger partial charge in [0.2, 0.25) is 0 Å². The van der Waals surface area contributed by atoms with Crippen LogP contribution in [0.3, 0.4) is 0 Å². The maximum Gasteiger partial charge on any atom is 0.341 e. The minimum Gasteiger partial charge on any atom is -0.506 e. The minimum absolute atomic E-state index is 0.00324. The molecule has 0 aliphatic heterocycles. The van der Waals surface area contributed by atoms with Crippen molar-refractivity contribution in [2.45, 2.75) is 47.0 Å². The van der Waals surface area contributed by atoms with E-state index >= 15 is 0 Å². The summed E-state index contributed by atoms with van der Waals surface area (Å²) in [7, 11) is 0. The number of aromatic hydroxyl groups is 1. The molecular formula is C30H30O5. The zero-order valence-electron chi connectivity index (χ0n) is 20.7. The molecule has 35 heavy (non-hydrogen) atoms. The molecule has 0 bridgehead atoms. The number of Topliss-reactive ketones (excluding diaryl/α,β-unsaturated/α-hetero) is 1. The molecule has 0 heterocycles. The first-order valence-corrected chi connectivity index (χ1v) is 11.5.